The molecule has 1 amide bonds. The Balaban J connectivity index is 0.00000256. The lowest BCUT2D eigenvalue weighted by Crippen LogP contribution is -2.39. The molecule has 0 spiro atoms. The number of morpholine rings is 1. The zero-order valence-corrected chi connectivity index (χ0v) is 18.5. The summed E-state index contributed by atoms with van der Waals surface area (Å²) in [5, 5.41) is 0.610. The van der Waals surface area contributed by atoms with Crippen LogP contribution in [0.15, 0.2) is 42.5 Å². The lowest BCUT2D eigenvalue weighted by atomic mass is 10.1. The van der Waals surface area contributed by atoms with Crippen LogP contribution in [0, 0.1) is 12.7 Å². The van der Waals surface area contributed by atoms with Crippen molar-refractivity contribution >= 4 is 45.0 Å². The summed E-state index contributed by atoms with van der Waals surface area (Å²) in [7, 11) is 0. The summed E-state index contributed by atoms with van der Waals surface area (Å²) in [5.74, 6) is -0.369. The fraction of sp³-hybridized carbons (Fsp3) is 0.364. The quantitative estimate of drug-likeness (QED) is 0.554. The minimum absolute atomic E-state index is 0. The number of hydrogen-bond acceptors (Lipinski definition) is 5. The maximum absolute atomic E-state index is 13.6. The van der Waals surface area contributed by atoms with E-state index in [0.717, 1.165) is 49.5 Å². The monoisotopic (exact) mass is 449 g/mol. The number of halogens is 2. The molecule has 2 heterocycles. The molecule has 0 saturated carbocycles. The molecular weight excluding hydrogens is 425 g/mol. The van der Waals surface area contributed by atoms with Gasteiger partial charge in [-0.2, -0.15) is 0 Å². The predicted molar refractivity (Wildman–Crippen MR) is 122 cm³/mol. The van der Waals surface area contributed by atoms with Crippen molar-refractivity contribution in [3.63, 3.8) is 0 Å². The molecule has 1 aromatic heterocycles. The second kappa shape index (κ2) is 10.3. The molecule has 0 bridgehead atoms. The van der Waals surface area contributed by atoms with Crippen molar-refractivity contribution in [3.05, 3.63) is 59.4 Å². The molecule has 1 aliphatic rings. The summed E-state index contributed by atoms with van der Waals surface area (Å²) in [6.45, 7) is 6.80. The number of thiazole rings is 1. The highest BCUT2D eigenvalue weighted by Gasteiger charge is 2.22. The van der Waals surface area contributed by atoms with E-state index < -0.39 is 0 Å². The fourth-order valence-corrected chi connectivity index (χ4v) is 4.51. The van der Waals surface area contributed by atoms with Gasteiger partial charge < -0.3 is 4.74 Å². The number of aromatic nitrogens is 1. The second-order valence-electron chi connectivity index (χ2n) is 7.24. The largest absolute Gasteiger partial charge is 0.379 e. The third-order valence-electron chi connectivity index (χ3n) is 5.04. The molecule has 1 saturated heterocycles. The molecule has 8 heteroatoms. The number of nitrogens with zero attached hydrogens (tertiary/aromatic N) is 3. The number of anilines is 1. The Kier molecular flexibility index (Phi) is 7.77. The van der Waals surface area contributed by atoms with Crippen LogP contribution in [-0.2, 0) is 4.74 Å². The number of carbonyl (C=O) groups excluding carboxylic acids is 1. The number of aryl methyl sites for hydroxylation is 1. The van der Waals surface area contributed by atoms with E-state index >= 15 is 0 Å². The summed E-state index contributed by atoms with van der Waals surface area (Å²) < 4.78 is 19.8. The lowest BCUT2D eigenvalue weighted by Gasteiger charge is -2.27. The molecule has 3 aromatic rings. The number of rotatable bonds is 6. The summed E-state index contributed by atoms with van der Waals surface area (Å²) in [6, 6.07) is 12.1. The topological polar surface area (TPSA) is 45.7 Å². The average molecular weight is 450 g/mol. The van der Waals surface area contributed by atoms with Crippen molar-refractivity contribution in [3.8, 4) is 0 Å². The zero-order chi connectivity index (χ0) is 20.2. The van der Waals surface area contributed by atoms with E-state index in [1.54, 1.807) is 11.0 Å². The third kappa shape index (κ3) is 5.35. The highest BCUT2D eigenvalue weighted by molar-refractivity contribution is 7.22. The number of carbonyl (C=O) groups is 1. The van der Waals surface area contributed by atoms with Crippen LogP contribution in [0.2, 0.25) is 0 Å². The van der Waals surface area contributed by atoms with Gasteiger partial charge in [0.1, 0.15) is 5.82 Å². The van der Waals surface area contributed by atoms with E-state index in [9.17, 15) is 9.18 Å². The van der Waals surface area contributed by atoms with Crippen LogP contribution in [0.3, 0.4) is 0 Å². The number of fused-ring (bicyclic) bond motifs is 1. The van der Waals surface area contributed by atoms with E-state index in [1.165, 1.54) is 23.5 Å². The van der Waals surface area contributed by atoms with Crippen LogP contribution >= 0.6 is 23.7 Å². The Hall–Kier alpha value is -2.06. The summed E-state index contributed by atoms with van der Waals surface area (Å²) in [6.07, 6.45) is 0.835. The van der Waals surface area contributed by atoms with E-state index in [-0.39, 0.29) is 24.1 Å². The SMILES string of the molecule is Cc1cccc(C(=O)N(CCCN2CCOCC2)c2nc3ccc(F)cc3s2)c1.Cl. The normalized spacial score (nSPS) is 14.5. The number of hydrogen-bond donors (Lipinski definition) is 0. The number of benzene rings is 2. The first-order valence-corrected chi connectivity index (χ1v) is 10.7. The van der Waals surface area contributed by atoms with Crippen molar-refractivity contribution in [2.24, 2.45) is 0 Å². The Morgan fingerprint density at radius 3 is 2.80 bits per heavy atom. The minimum atomic E-state index is -0.295. The van der Waals surface area contributed by atoms with Gasteiger partial charge in [-0.3, -0.25) is 14.6 Å². The maximum Gasteiger partial charge on any atom is 0.260 e. The average Bonchev–Trinajstić information content (AvgIpc) is 3.14. The predicted octanol–water partition coefficient (Wildman–Crippen LogP) is 4.53. The van der Waals surface area contributed by atoms with E-state index in [1.807, 2.05) is 31.2 Å². The van der Waals surface area contributed by atoms with Gasteiger partial charge in [-0.1, -0.05) is 29.0 Å². The minimum Gasteiger partial charge on any atom is -0.379 e. The highest BCUT2D eigenvalue weighted by atomic mass is 35.5. The first-order chi connectivity index (χ1) is 14.1. The van der Waals surface area contributed by atoms with Gasteiger partial charge in [0.2, 0.25) is 0 Å². The zero-order valence-electron chi connectivity index (χ0n) is 16.8. The van der Waals surface area contributed by atoms with Gasteiger partial charge in [0.15, 0.2) is 5.13 Å². The maximum atomic E-state index is 13.6. The molecule has 30 heavy (non-hydrogen) atoms. The van der Waals surface area contributed by atoms with Crippen LogP contribution in [0.5, 0.6) is 0 Å². The molecule has 160 valence electrons. The molecule has 0 atom stereocenters. The van der Waals surface area contributed by atoms with Crippen molar-refractivity contribution in [1.82, 2.24) is 9.88 Å². The van der Waals surface area contributed by atoms with Gasteiger partial charge in [-0.15, -0.1) is 12.4 Å². The number of ether oxygens (including phenoxy) is 1. The Bertz CT molecular complexity index is 1010. The molecule has 1 aliphatic heterocycles. The van der Waals surface area contributed by atoms with Crippen LogP contribution in [0.25, 0.3) is 10.2 Å². The Labute approximate surface area is 185 Å². The molecule has 0 radical (unpaired) electrons. The van der Waals surface area contributed by atoms with Gasteiger partial charge in [0.05, 0.1) is 23.4 Å². The van der Waals surface area contributed by atoms with Gasteiger partial charge in [0.25, 0.3) is 5.91 Å². The second-order valence-corrected chi connectivity index (χ2v) is 8.25. The van der Waals surface area contributed by atoms with Gasteiger partial charge >= 0.3 is 0 Å². The standard InChI is InChI=1S/C22H24FN3O2S.ClH/c1-16-4-2-5-17(14-16)21(27)26(9-3-8-25-10-12-28-13-11-25)22-24-19-7-6-18(23)15-20(19)29-22;/h2,4-7,14-15H,3,8-13H2,1H3;1H. The smallest absolute Gasteiger partial charge is 0.260 e. The molecule has 2 aromatic carbocycles. The van der Waals surface area contributed by atoms with Crippen LogP contribution in [-0.4, -0.2) is 55.2 Å². The molecule has 5 nitrogen and oxygen atoms in total. The van der Waals surface area contributed by atoms with Crippen LogP contribution < -0.4 is 4.90 Å². The summed E-state index contributed by atoms with van der Waals surface area (Å²) >= 11 is 1.35. The molecule has 1 fully saturated rings. The molecule has 0 aliphatic carbocycles. The summed E-state index contributed by atoms with van der Waals surface area (Å²) in [5.41, 5.74) is 2.39. The summed E-state index contributed by atoms with van der Waals surface area (Å²) in [4.78, 5) is 22.0. The molecular formula is C22H25ClFN3O2S. The van der Waals surface area contributed by atoms with Crippen molar-refractivity contribution in [2.45, 2.75) is 13.3 Å². The molecule has 0 N–H and O–H groups in total. The van der Waals surface area contributed by atoms with E-state index in [0.29, 0.717) is 22.8 Å². The van der Waals surface area contributed by atoms with Crippen molar-refractivity contribution in [1.29, 1.82) is 0 Å². The highest BCUT2D eigenvalue weighted by Crippen LogP contribution is 2.30. The molecule has 0 unspecified atom stereocenters. The Morgan fingerprint density at radius 1 is 1.23 bits per heavy atom. The van der Waals surface area contributed by atoms with Crippen LogP contribution in [0.4, 0.5) is 9.52 Å². The van der Waals surface area contributed by atoms with Crippen molar-refractivity contribution in [2.75, 3.05) is 44.3 Å². The number of amides is 1. The fourth-order valence-electron chi connectivity index (χ4n) is 3.50. The lowest BCUT2D eigenvalue weighted by molar-refractivity contribution is 0.0376. The molecule has 4 rings (SSSR count). The first kappa shape index (κ1) is 22.6. The third-order valence-corrected chi connectivity index (χ3v) is 6.08. The van der Waals surface area contributed by atoms with E-state index in [4.69, 9.17) is 4.74 Å². The Morgan fingerprint density at radius 2 is 2.03 bits per heavy atom. The first-order valence-electron chi connectivity index (χ1n) is 9.85. The van der Waals surface area contributed by atoms with E-state index in [2.05, 4.69) is 9.88 Å². The van der Waals surface area contributed by atoms with Crippen LogP contribution in [0.1, 0.15) is 22.3 Å². The van der Waals surface area contributed by atoms with Gasteiger partial charge in [-0.25, -0.2) is 9.37 Å². The van der Waals surface area contributed by atoms with Crippen molar-refractivity contribution < 1.29 is 13.9 Å². The van der Waals surface area contributed by atoms with Gasteiger partial charge in [0, 0.05) is 31.7 Å². The van der Waals surface area contributed by atoms with Gasteiger partial charge in [-0.05, 0) is 43.7 Å².